The highest BCUT2D eigenvalue weighted by atomic mass is 16.4. The number of carboxylic acid groups (broad SMARTS) is 1. The average Bonchev–Trinajstić information content (AvgIpc) is 2.38. The van der Waals surface area contributed by atoms with Crippen molar-refractivity contribution in [3.63, 3.8) is 0 Å². The molecular weight excluding hydrogens is 232 g/mol. The Bertz CT molecular complexity index is 433. The Balaban J connectivity index is 2.00. The summed E-state index contributed by atoms with van der Waals surface area (Å²) in [5, 5.41) is 11.9. The van der Waals surface area contributed by atoms with Gasteiger partial charge in [-0.25, -0.2) is 4.79 Å². The minimum atomic E-state index is -0.955. The fourth-order valence-electron chi connectivity index (χ4n) is 2.10. The first kappa shape index (κ1) is 12.6. The Morgan fingerprint density at radius 3 is 2.78 bits per heavy atom. The van der Waals surface area contributed by atoms with Gasteiger partial charge in [0.1, 0.15) is 6.04 Å². The Morgan fingerprint density at radius 2 is 2.11 bits per heavy atom. The second-order valence-electron chi connectivity index (χ2n) is 4.31. The lowest BCUT2D eigenvalue weighted by atomic mass is 10.1. The summed E-state index contributed by atoms with van der Waals surface area (Å²) in [5.74, 6) is -1.10. The van der Waals surface area contributed by atoms with Gasteiger partial charge in [-0.2, -0.15) is 0 Å². The SMILES string of the molecule is O=C(O)C1CNCC(=O)N1CCc1ccccc1. The highest BCUT2D eigenvalue weighted by molar-refractivity contribution is 5.86. The van der Waals surface area contributed by atoms with Crippen LogP contribution in [-0.2, 0) is 16.0 Å². The number of carbonyl (C=O) groups is 2. The average molecular weight is 248 g/mol. The van der Waals surface area contributed by atoms with Crippen LogP contribution in [0.25, 0.3) is 0 Å². The summed E-state index contributed by atoms with van der Waals surface area (Å²) in [5.41, 5.74) is 1.10. The normalized spacial score (nSPS) is 19.9. The highest BCUT2D eigenvalue weighted by Crippen LogP contribution is 2.08. The van der Waals surface area contributed by atoms with Gasteiger partial charge in [-0.3, -0.25) is 4.79 Å². The molecule has 18 heavy (non-hydrogen) atoms. The van der Waals surface area contributed by atoms with Crippen LogP contribution < -0.4 is 5.32 Å². The summed E-state index contributed by atoms with van der Waals surface area (Å²) in [4.78, 5) is 24.3. The summed E-state index contributed by atoms with van der Waals surface area (Å²) < 4.78 is 0. The van der Waals surface area contributed by atoms with Gasteiger partial charge >= 0.3 is 5.97 Å². The maximum absolute atomic E-state index is 11.7. The van der Waals surface area contributed by atoms with E-state index < -0.39 is 12.0 Å². The van der Waals surface area contributed by atoms with Gasteiger partial charge in [0.05, 0.1) is 6.54 Å². The number of rotatable bonds is 4. The number of carboxylic acids is 1. The van der Waals surface area contributed by atoms with E-state index in [1.807, 2.05) is 30.3 Å². The number of nitrogens with zero attached hydrogens (tertiary/aromatic N) is 1. The molecule has 1 unspecified atom stereocenters. The van der Waals surface area contributed by atoms with Crippen molar-refractivity contribution in [3.05, 3.63) is 35.9 Å². The van der Waals surface area contributed by atoms with Crippen LogP contribution in [0.2, 0.25) is 0 Å². The Labute approximate surface area is 105 Å². The van der Waals surface area contributed by atoms with Crippen LogP contribution in [0.4, 0.5) is 0 Å². The van der Waals surface area contributed by atoms with Crippen molar-refractivity contribution < 1.29 is 14.7 Å². The second-order valence-corrected chi connectivity index (χ2v) is 4.31. The largest absolute Gasteiger partial charge is 0.480 e. The molecule has 1 heterocycles. The lowest BCUT2D eigenvalue weighted by Crippen LogP contribution is -2.58. The molecule has 5 heteroatoms. The molecule has 0 aliphatic carbocycles. The molecule has 1 saturated heterocycles. The van der Waals surface area contributed by atoms with Crippen LogP contribution >= 0.6 is 0 Å². The van der Waals surface area contributed by atoms with Crippen molar-refractivity contribution in [2.45, 2.75) is 12.5 Å². The first-order chi connectivity index (χ1) is 8.68. The molecule has 0 spiro atoms. The quantitative estimate of drug-likeness (QED) is 0.793. The number of aliphatic carboxylic acids is 1. The van der Waals surface area contributed by atoms with Gasteiger partial charge in [0, 0.05) is 13.1 Å². The third-order valence-electron chi connectivity index (χ3n) is 3.08. The molecule has 1 aromatic rings. The third kappa shape index (κ3) is 2.87. The molecule has 2 N–H and O–H groups in total. The number of amides is 1. The van der Waals surface area contributed by atoms with Crippen molar-refractivity contribution in [2.24, 2.45) is 0 Å². The summed E-state index contributed by atoms with van der Waals surface area (Å²) in [6.07, 6.45) is 0.677. The zero-order valence-corrected chi connectivity index (χ0v) is 10.0. The van der Waals surface area contributed by atoms with Crippen LogP contribution in [0.3, 0.4) is 0 Å². The third-order valence-corrected chi connectivity index (χ3v) is 3.08. The van der Waals surface area contributed by atoms with Crippen molar-refractivity contribution in [3.8, 4) is 0 Å². The van der Waals surface area contributed by atoms with Gasteiger partial charge in [-0.15, -0.1) is 0 Å². The molecule has 1 aromatic carbocycles. The Morgan fingerprint density at radius 1 is 1.39 bits per heavy atom. The molecule has 0 bridgehead atoms. The van der Waals surface area contributed by atoms with Gasteiger partial charge in [0.2, 0.25) is 5.91 Å². The van der Waals surface area contributed by atoms with E-state index in [0.29, 0.717) is 19.5 Å². The van der Waals surface area contributed by atoms with Crippen LogP contribution in [0.5, 0.6) is 0 Å². The Kier molecular flexibility index (Phi) is 3.94. The number of hydrogen-bond donors (Lipinski definition) is 2. The highest BCUT2D eigenvalue weighted by Gasteiger charge is 2.32. The van der Waals surface area contributed by atoms with Gasteiger partial charge in [-0.1, -0.05) is 30.3 Å². The number of benzene rings is 1. The Hall–Kier alpha value is -1.88. The summed E-state index contributed by atoms with van der Waals surface area (Å²) in [7, 11) is 0. The minimum Gasteiger partial charge on any atom is -0.480 e. The van der Waals surface area contributed by atoms with Gasteiger partial charge in [0.15, 0.2) is 0 Å². The van der Waals surface area contributed by atoms with Crippen LogP contribution in [-0.4, -0.2) is 47.6 Å². The molecule has 0 radical (unpaired) electrons. The predicted octanol–water partition coefficient (Wildman–Crippen LogP) is 0.114. The molecule has 1 amide bonds. The zero-order chi connectivity index (χ0) is 13.0. The summed E-state index contributed by atoms with van der Waals surface area (Å²) in [6.45, 7) is 0.982. The maximum atomic E-state index is 11.7. The van der Waals surface area contributed by atoms with Crippen molar-refractivity contribution in [1.29, 1.82) is 0 Å². The van der Waals surface area contributed by atoms with Crippen LogP contribution in [0, 0.1) is 0 Å². The van der Waals surface area contributed by atoms with E-state index in [9.17, 15) is 9.59 Å². The van der Waals surface area contributed by atoms with E-state index in [1.165, 1.54) is 4.90 Å². The summed E-state index contributed by atoms with van der Waals surface area (Å²) >= 11 is 0. The fraction of sp³-hybridized carbons (Fsp3) is 0.385. The number of hydrogen-bond acceptors (Lipinski definition) is 3. The van der Waals surface area contributed by atoms with E-state index in [0.717, 1.165) is 5.56 Å². The topological polar surface area (TPSA) is 69.6 Å². The van der Waals surface area contributed by atoms with Crippen molar-refractivity contribution >= 4 is 11.9 Å². The predicted molar refractivity (Wildman–Crippen MR) is 66.2 cm³/mol. The smallest absolute Gasteiger partial charge is 0.327 e. The molecule has 0 saturated carbocycles. The number of piperazine rings is 1. The van der Waals surface area contributed by atoms with Gasteiger partial charge in [-0.05, 0) is 12.0 Å². The van der Waals surface area contributed by atoms with E-state index in [1.54, 1.807) is 0 Å². The molecule has 1 atom stereocenters. The molecule has 1 fully saturated rings. The first-order valence-corrected chi connectivity index (χ1v) is 5.95. The van der Waals surface area contributed by atoms with E-state index >= 15 is 0 Å². The minimum absolute atomic E-state index is 0.149. The monoisotopic (exact) mass is 248 g/mol. The van der Waals surface area contributed by atoms with Crippen LogP contribution in [0.15, 0.2) is 30.3 Å². The number of nitrogens with one attached hydrogen (secondary N) is 1. The molecule has 96 valence electrons. The van der Waals surface area contributed by atoms with Gasteiger partial charge < -0.3 is 15.3 Å². The lowest BCUT2D eigenvalue weighted by molar-refractivity contribution is -0.151. The fourth-order valence-corrected chi connectivity index (χ4v) is 2.10. The molecule has 1 aliphatic rings. The summed E-state index contributed by atoms with van der Waals surface area (Å²) in [6, 6.07) is 8.99. The molecule has 1 aliphatic heterocycles. The van der Waals surface area contributed by atoms with E-state index in [4.69, 9.17) is 5.11 Å². The second kappa shape index (κ2) is 5.64. The van der Waals surface area contributed by atoms with Crippen LogP contribution in [0.1, 0.15) is 5.56 Å². The first-order valence-electron chi connectivity index (χ1n) is 5.95. The number of carbonyl (C=O) groups excluding carboxylic acids is 1. The standard InChI is InChI=1S/C13H16N2O3/c16-12-9-14-8-11(13(17)18)15(12)7-6-10-4-2-1-3-5-10/h1-5,11,14H,6-9H2,(H,17,18). The van der Waals surface area contributed by atoms with Crippen molar-refractivity contribution in [2.75, 3.05) is 19.6 Å². The molecular formula is C13H16N2O3. The van der Waals surface area contributed by atoms with E-state index in [-0.39, 0.29) is 12.5 Å². The lowest BCUT2D eigenvalue weighted by Gasteiger charge is -2.33. The van der Waals surface area contributed by atoms with E-state index in [2.05, 4.69) is 5.32 Å². The zero-order valence-electron chi connectivity index (χ0n) is 10.0. The molecule has 0 aromatic heterocycles. The van der Waals surface area contributed by atoms with Gasteiger partial charge in [0.25, 0.3) is 0 Å². The maximum Gasteiger partial charge on any atom is 0.327 e. The van der Waals surface area contributed by atoms with Crippen molar-refractivity contribution in [1.82, 2.24) is 10.2 Å². The molecule has 2 rings (SSSR count). The molecule has 5 nitrogen and oxygen atoms in total.